The zero-order chi connectivity index (χ0) is 12.1. The molecule has 0 saturated carbocycles. The molecule has 90 valence electrons. The molecule has 0 aliphatic carbocycles. The molecule has 1 aliphatic rings. The van der Waals surface area contributed by atoms with E-state index < -0.39 is 0 Å². The monoisotopic (exact) mass is 211 g/mol. The van der Waals surface area contributed by atoms with E-state index in [9.17, 15) is 0 Å². The third kappa shape index (κ3) is 2.08. The van der Waals surface area contributed by atoms with Crippen molar-refractivity contribution in [1.82, 2.24) is 4.90 Å². The first-order valence-corrected chi connectivity index (χ1v) is 6.26. The molecule has 1 rings (SSSR count). The number of rotatable bonds is 1. The van der Waals surface area contributed by atoms with E-state index in [1.54, 1.807) is 0 Å². The molecule has 1 nitrogen and oxygen atoms in total. The smallest absolute Gasteiger partial charge is 0.0125 e. The molecule has 0 aromatic carbocycles. The summed E-state index contributed by atoms with van der Waals surface area (Å²) in [4.78, 5) is 2.61. The normalized spacial score (nSPS) is 23.0. The Morgan fingerprint density at radius 3 is 1.53 bits per heavy atom. The second-order valence-corrected chi connectivity index (χ2v) is 7.59. The molecule has 0 N–H and O–H groups in total. The summed E-state index contributed by atoms with van der Waals surface area (Å²) < 4.78 is 0. The molecule has 1 heteroatoms. The van der Waals surface area contributed by atoms with Gasteiger partial charge in [-0.3, -0.25) is 4.90 Å². The second-order valence-electron chi connectivity index (χ2n) is 7.59. The molecule has 0 radical (unpaired) electrons. The molecular formula is C14H29N. The Kier molecular flexibility index (Phi) is 3.02. The van der Waals surface area contributed by atoms with E-state index in [-0.39, 0.29) is 0 Å². The van der Waals surface area contributed by atoms with Crippen molar-refractivity contribution in [3.8, 4) is 0 Å². The van der Waals surface area contributed by atoms with E-state index in [0.717, 1.165) is 5.92 Å². The van der Waals surface area contributed by atoms with Gasteiger partial charge in [-0.15, -0.1) is 0 Å². The Balaban J connectivity index is 2.79. The lowest BCUT2D eigenvalue weighted by Crippen LogP contribution is -2.68. The Labute approximate surface area is 96.2 Å². The van der Waals surface area contributed by atoms with Gasteiger partial charge in [0.1, 0.15) is 0 Å². The van der Waals surface area contributed by atoms with Crippen molar-refractivity contribution < 1.29 is 0 Å². The van der Waals surface area contributed by atoms with E-state index in [0.29, 0.717) is 16.4 Å². The van der Waals surface area contributed by atoms with Crippen LogP contribution in [0, 0.1) is 16.7 Å². The summed E-state index contributed by atoms with van der Waals surface area (Å²) in [6.07, 6.45) is 0. The molecule has 0 bridgehead atoms. The summed E-state index contributed by atoms with van der Waals surface area (Å²) in [6, 6.07) is 0. The van der Waals surface area contributed by atoms with Crippen LogP contribution in [0.2, 0.25) is 0 Å². The summed E-state index contributed by atoms with van der Waals surface area (Å²) in [6.45, 7) is 21.4. The van der Waals surface area contributed by atoms with Gasteiger partial charge in [0, 0.05) is 24.0 Å². The van der Waals surface area contributed by atoms with E-state index >= 15 is 0 Å². The molecule has 0 spiro atoms. The highest BCUT2D eigenvalue weighted by molar-refractivity contribution is 5.06. The average Bonchev–Trinajstić information content (AvgIpc) is 1.73. The third-order valence-electron chi connectivity index (χ3n) is 4.49. The van der Waals surface area contributed by atoms with Crippen LogP contribution in [0.1, 0.15) is 55.4 Å². The quantitative estimate of drug-likeness (QED) is 0.638. The zero-order valence-electron chi connectivity index (χ0n) is 11.9. The second kappa shape index (κ2) is 3.48. The van der Waals surface area contributed by atoms with Gasteiger partial charge in [-0.05, 0) is 32.1 Å². The van der Waals surface area contributed by atoms with E-state index in [1.165, 1.54) is 13.1 Å². The largest absolute Gasteiger partial charge is 0.297 e. The maximum absolute atomic E-state index is 2.61. The highest BCUT2D eigenvalue weighted by Gasteiger charge is 2.54. The molecular weight excluding hydrogens is 182 g/mol. The summed E-state index contributed by atoms with van der Waals surface area (Å²) in [5, 5.41) is 0. The minimum absolute atomic E-state index is 0.337. The van der Waals surface area contributed by atoms with E-state index in [1.807, 2.05) is 0 Å². The van der Waals surface area contributed by atoms with Crippen LogP contribution in [0.15, 0.2) is 0 Å². The molecule has 15 heavy (non-hydrogen) atoms. The lowest BCUT2D eigenvalue weighted by Gasteiger charge is -2.63. The summed E-state index contributed by atoms with van der Waals surface area (Å²) in [7, 11) is 0. The fourth-order valence-electron chi connectivity index (χ4n) is 2.81. The Morgan fingerprint density at radius 1 is 0.933 bits per heavy atom. The van der Waals surface area contributed by atoms with Crippen molar-refractivity contribution in [3.63, 3.8) is 0 Å². The maximum Gasteiger partial charge on any atom is 0.0125 e. The predicted octanol–water partition coefficient (Wildman–Crippen LogP) is 3.79. The van der Waals surface area contributed by atoms with Gasteiger partial charge in [0.05, 0.1) is 0 Å². The predicted molar refractivity (Wildman–Crippen MR) is 68.1 cm³/mol. The Bertz CT molecular complexity index is 221. The first-order valence-electron chi connectivity index (χ1n) is 6.26. The van der Waals surface area contributed by atoms with Gasteiger partial charge in [0.25, 0.3) is 0 Å². The highest BCUT2D eigenvalue weighted by atomic mass is 15.3. The number of nitrogens with zero attached hydrogens (tertiary/aromatic N) is 1. The number of likely N-dealkylation sites (tertiary alicyclic amines) is 1. The van der Waals surface area contributed by atoms with Crippen LogP contribution in [0.3, 0.4) is 0 Å². The van der Waals surface area contributed by atoms with Gasteiger partial charge in [-0.25, -0.2) is 0 Å². The van der Waals surface area contributed by atoms with Crippen LogP contribution in [0.25, 0.3) is 0 Å². The maximum atomic E-state index is 2.61. The molecule has 0 unspecified atom stereocenters. The van der Waals surface area contributed by atoms with Gasteiger partial charge < -0.3 is 0 Å². The minimum atomic E-state index is 0.337. The van der Waals surface area contributed by atoms with Crippen molar-refractivity contribution in [2.45, 2.75) is 60.9 Å². The molecule has 0 aromatic rings. The van der Waals surface area contributed by atoms with Gasteiger partial charge in [-0.1, -0.05) is 34.6 Å². The standard InChI is InChI=1S/C14H29N/c1-11(2)14(12(3,4)5)9-15(10-14)13(6,7)8/h11H,9-10H2,1-8H3. The molecule has 0 amide bonds. The van der Waals surface area contributed by atoms with Crippen LogP contribution in [0.5, 0.6) is 0 Å². The first kappa shape index (κ1) is 13.0. The fraction of sp³-hybridized carbons (Fsp3) is 1.00. The molecule has 0 atom stereocenters. The molecule has 1 saturated heterocycles. The number of hydrogen-bond acceptors (Lipinski definition) is 1. The van der Waals surface area contributed by atoms with Crippen LogP contribution >= 0.6 is 0 Å². The van der Waals surface area contributed by atoms with Crippen LogP contribution in [0.4, 0.5) is 0 Å². The van der Waals surface area contributed by atoms with Gasteiger partial charge >= 0.3 is 0 Å². The fourth-order valence-corrected chi connectivity index (χ4v) is 2.81. The Morgan fingerprint density at radius 2 is 1.33 bits per heavy atom. The minimum Gasteiger partial charge on any atom is -0.297 e. The van der Waals surface area contributed by atoms with E-state index in [4.69, 9.17) is 0 Å². The van der Waals surface area contributed by atoms with Crippen molar-refractivity contribution >= 4 is 0 Å². The van der Waals surface area contributed by atoms with Crippen molar-refractivity contribution in [2.24, 2.45) is 16.7 Å². The van der Waals surface area contributed by atoms with Crippen LogP contribution in [-0.4, -0.2) is 23.5 Å². The average molecular weight is 211 g/mol. The lowest BCUT2D eigenvalue weighted by atomic mass is 9.55. The number of hydrogen-bond donors (Lipinski definition) is 0. The summed E-state index contributed by atoms with van der Waals surface area (Å²) in [5.74, 6) is 0.774. The van der Waals surface area contributed by atoms with Crippen LogP contribution < -0.4 is 0 Å². The van der Waals surface area contributed by atoms with Crippen molar-refractivity contribution in [2.75, 3.05) is 13.1 Å². The SMILES string of the molecule is CC(C)C1(C(C)(C)C)CN(C(C)(C)C)C1. The summed E-state index contributed by atoms with van der Waals surface area (Å²) in [5.41, 5.74) is 1.27. The van der Waals surface area contributed by atoms with Gasteiger partial charge in [0.2, 0.25) is 0 Å². The van der Waals surface area contributed by atoms with E-state index in [2.05, 4.69) is 60.3 Å². The molecule has 1 fully saturated rings. The third-order valence-corrected chi connectivity index (χ3v) is 4.49. The highest BCUT2D eigenvalue weighted by Crippen LogP contribution is 2.52. The Hall–Kier alpha value is -0.0400. The summed E-state index contributed by atoms with van der Waals surface area (Å²) >= 11 is 0. The molecule has 1 aliphatic heterocycles. The van der Waals surface area contributed by atoms with Gasteiger partial charge in [-0.2, -0.15) is 0 Å². The first-order chi connectivity index (χ1) is 6.51. The van der Waals surface area contributed by atoms with Crippen LogP contribution in [-0.2, 0) is 0 Å². The van der Waals surface area contributed by atoms with Gasteiger partial charge in [0.15, 0.2) is 0 Å². The topological polar surface area (TPSA) is 3.24 Å². The van der Waals surface area contributed by atoms with Crippen molar-refractivity contribution in [3.05, 3.63) is 0 Å². The molecule has 1 heterocycles. The zero-order valence-corrected chi connectivity index (χ0v) is 11.9. The van der Waals surface area contributed by atoms with Crippen molar-refractivity contribution in [1.29, 1.82) is 0 Å². The lowest BCUT2D eigenvalue weighted by molar-refractivity contribution is -0.147. The molecule has 0 aromatic heterocycles.